The highest BCUT2D eigenvalue weighted by Crippen LogP contribution is 2.25. The predicted octanol–water partition coefficient (Wildman–Crippen LogP) is 2.77. The summed E-state index contributed by atoms with van der Waals surface area (Å²) in [6.07, 6.45) is 1.59. The molecular formula is C19H15N7O2S. The summed E-state index contributed by atoms with van der Waals surface area (Å²) in [5.41, 5.74) is 1.29. The first-order valence-corrected chi connectivity index (χ1v) is 9.78. The molecule has 0 aliphatic heterocycles. The van der Waals surface area contributed by atoms with Gasteiger partial charge in [0, 0.05) is 24.4 Å². The normalized spacial score (nSPS) is 11.3. The molecule has 0 aliphatic carbocycles. The molecule has 0 atom stereocenters. The maximum absolute atomic E-state index is 12.5. The topological polar surface area (TPSA) is 107 Å². The van der Waals surface area contributed by atoms with E-state index in [0.29, 0.717) is 39.8 Å². The van der Waals surface area contributed by atoms with Crippen LogP contribution in [0.2, 0.25) is 0 Å². The van der Waals surface area contributed by atoms with E-state index in [1.54, 1.807) is 12.3 Å². The molecule has 4 heterocycles. The van der Waals surface area contributed by atoms with E-state index in [1.165, 1.54) is 22.3 Å². The summed E-state index contributed by atoms with van der Waals surface area (Å²) < 4.78 is 8.56. The number of H-pyrrole nitrogens is 1. The van der Waals surface area contributed by atoms with Crippen LogP contribution in [0, 0.1) is 0 Å². The molecule has 10 heteroatoms. The molecule has 9 nitrogen and oxygen atoms in total. The van der Waals surface area contributed by atoms with Gasteiger partial charge in [0.05, 0.1) is 12.0 Å². The van der Waals surface area contributed by atoms with Crippen LogP contribution >= 0.6 is 11.8 Å². The molecule has 0 spiro atoms. The van der Waals surface area contributed by atoms with Crippen molar-refractivity contribution in [3.05, 3.63) is 70.8 Å². The predicted molar refractivity (Wildman–Crippen MR) is 107 cm³/mol. The first-order valence-electron chi connectivity index (χ1n) is 8.79. The van der Waals surface area contributed by atoms with Crippen LogP contribution in [0.1, 0.15) is 5.69 Å². The second kappa shape index (κ2) is 7.06. The highest BCUT2D eigenvalue weighted by molar-refractivity contribution is 7.98. The van der Waals surface area contributed by atoms with Crippen molar-refractivity contribution < 1.29 is 4.42 Å². The smallest absolute Gasteiger partial charge is 0.274 e. The summed E-state index contributed by atoms with van der Waals surface area (Å²) in [6, 6.07) is 14.7. The van der Waals surface area contributed by atoms with Gasteiger partial charge in [-0.2, -0.15) is 9.50 Å². The molecular weight excluding hydrogens is 390 g/mol. The quantitative estimate of drug-likeness (QED) is 0.448. The lowest BCUT2D eigenvalue weighted by Crippen LogP contribution is -2.15. The number of aromatic amines is 1. The Morgan fingerprint density at radius 3 is 2.76 bits per heavy atom. The average molecular weight is 405 g/mol. The van der Waals surface area contributed by atoms with Crippen molar-refractivity contribution in [3.63, 3.8) is 0 Å². The molecule has 0 saturated carbocycles. The van der Waals surface area contributed by atoms with Crippen LogP contribution in [0.5, 0.6) is 0 Å². The number of furan rings is 1. The van der Waals surface area contributed by atoms with Gasteiger partial charge in [-0.3, -0.25) is 9.89 Å². The van der Waals surface area contributed by atoms with E-state index in [9.17, 15) is 4.79 Å². The number of nitrogens with one attached hydrogen (secondary N) is 1. The summed E-state index contributed by atoms with van der Waals surface area (Å²) in [5, 5.41) is 12.1. The minimum absolute atomic E-state index is 0.213. The molecule has 29 heavy (non-hydrogen) atoms. The van der Waals surface area contributed by atoms with Crippen LogP contribution in [0.15, 0.2) is 69.2 Å². The van der Waals surface area contributed by atoms with Crippen LogP contribution in [0.4, 0.5) is 0 Å². The van der Waals surface area contributed by atoms with Gasteiger partial charge in [0.1, 0.15) is 0 Å². The highest BCUT2D eigenvalue weighted by atomic mass is 32.2. The van der Waals surface area contributed by atoms with Gasteiger partial charge in [-0.15, -0.1) is 10.2 Å². The molecule has 144 valence electrons. The van der Waals surface area contributed by atoms with E-state index in [1.807, 2.05) is 48.0 Å². The van der Waals surface area contributed by atoms with Crippen molar-refractivity contribution in [2.75, 3.05) is 0 Å². The zero-order chi connectivity index (χ0) is 19.8. The molecule has 1 aromatic carbocycles. The van der Waals surface area contributed by atoms with Gasteiger partial charge in [0.25, 0.3) is 11.3 Å². The van der Waals surface area contributed by atoms with Crippen molar-refractivity contribution in [2.24, 2.45) is 7.05 Å². The Morgan fingerprint density at radius 1 is 1.10 bits per heavy atom. The molecule has 0 bridgehead atoms. The Balaban J connectivity index is 1.41. The van der Waals surface area contributed by atoms with Gasteiger partial charge in [0.15, 0.2) is 22.6 Å². The average Bonchev–Trinajstić information content (AvgIpc) is 3.47. The molecule has 1 N–H and O–H groups in total. The highest BCUT2D eigenvalue weighted by Gasteiger charge is 2.15. The summed E-state index contributed by atoms with van der Waals surface area (Å²) in [5.74, 6) is 2.68. The number of nitrogens with zero attached hydrogens (tertiary/aromatic N) is 6. The number of hydrogen-bond acceptors (Lipinski definition) is 7. The number of hydrogen-bond donors (Lipinski definition) is 1. The van der Waals surface area contributed by atoms with Gasteiger partial charge < -0.3 is 8.98 Å². The monoisotopic (exact) mass is 405 g/mol. The Morgan fingerprint density at radius 2 is 1.97 bits per heavy atom. The third-order valence-electron chi connectivity index (χ3n) is 4.36. The Bertz CT molecular complexity index is 1340. The van der Waals surface area contributed by atoms with Crippen LogP contribution in [-0.2, 0) is 12.8 Å². The van der Waals surface area contributed by atoms with E-state index in [-0.39, 0.29) is 5.56 Å². The molecule has 0 radical (unpaired) electrons. The third-order valence-corrected chi connectivity index (χ3v) is 5.41. The van der Waals surface area contributed by atoms with Gasteiger partial charge in [-0.05, 0) is 12.1 Å². The summed E-state index contributed by atoms with van der Waals surface area (Å²) >= 11 is 1.44. The molecule has 5 aromatic rings. The number of benzene rings is 1. The number of thioether (sulfide) groups is 1. The molecule has 4 aromatic heterocycles. The van der Waals surface area contributed by atoms with Crippen molar-refractivity contribution in [3.8, 4) is 23.0 Å². The molecule has 0 aliphatic rings. The van der Waals surface area contributed by atoms with E-state index < -0.39 is 0 Å². The Hall–Kier alpha value is -3.66. The fourth-order valence-electron chi connectivity index (χ4n) is 2.93. The lowest BCUT2D eigenvalue weighted by atomic mass is 10.2. The maximum Gasteiger partial charge on any atom is 0.274 e. The second-order valence-corrected chi connectivity index (χ2v) is 7.23. The standard InChI is InChI=1S/C19H15N7O2S/c1-25-17(14-8-5-9-28-14)22-23-19(25)29-11-13-10-15(27)26-18(20-13)21-16(24-26)12-6-3-2-4-7-12/h2-10H,11H2,1H3,(H,20,21,24). The molecule has 0 fully saturated rings. The van der Waals surface area contributed by atoms with E-state index >= 15 is 0 Å². The van der Waals surface area contributed by atoms with Crippen molar-refractivity contribution in [1.82, 2.24) is 34.3 Å². The van der Waals surface area contributed by atoms with Crippen molar-refractivity contribution >= 4 is 17.5 Å². The van der Waals surface area contributed by atoms with Crippen LogP contribution in [0.25, 0.3) is 28.8 Å². The Kier molecular flexibility index (Phi) is 4.24. The number of fused-ring (bicyclic) bond motifs is 1. The van der Waals surface area contributed by atoms with Gasteiger partial charge in [-0.1, -0.05) is 42.1 Å². The summed E-state index contributed by atoms with van der Waals surface area (Å²) in [6.45, 7) is 0. The summed E-state index contributed by atoms with van der Waals surface area (Å²) in [4.78, 5) is 21.4. The van der Waals surface area contributed by atoms with Gasteiger partial charge in [-0.25, -0.2) is 4.98 Å². The van der Waals surface area contributed by atoms with E-state index in [0.717, 1.165) is 5.56 Å². The van der Waals surface area contributed by atoms with Crippen LogP contribution < -0.4 is 5.56 Å². The van der Waals surface area contributed by atoms with Crippen molar-refractivity contribution in [1.29, 1.82) is 0 Å². The maximum atomic E-state index is 12.5. The first kappa shape index (κ1) is 17.4. The fourth-order valence-corrected chi connectivity index (χ4v) is 3.73. The van der Waals surface area contributed by atoms with E-state index in [2.05, 4.69) is 25.3 Å². The summed E-state index contributed by atoms with van der Waals surface area (Å²) in [7, 11) is 1.87. The Labute approximate surface area is 168 Å². The minimum atomic E-state index is -0.213. The largest absolute Gasteiger partial charge is 0.461 e. The number of aromatic nitrogens is 7. The molecule has 0 amide bonds. The lowest BCUT2D eigenvalue weighted by molar-refractivity contribution is 0.572. The second-order valence-electron chi connectivity index (χ2n) is 6.29. The molecule has 5 rings (SSSR count). The number of rotatable bonds is 5. The third kappa shape index (κ3) is 3.23. The van der Waals surface area contributed by atoms with Crippen LogP contribution in [0.3, 0.4) is 0 Å². The van der Waals surface area contributed by atoms with Gasteiger partial charge >= 0.3 is 0 Å². The minimum Gasteiger partial charge on any atom is -0.461 e. The van der Waals surface area contributed by atoms with Crippen LogP contribution in [-0.4, -0.2) is 34.3 Å². The SMILES string of the molecule is Cn1c(SCc2cc(=O)n3[nH]c(-c4ccccc4)nc3n2)nnc1-c1ccco1. The van der Waals surface area contributed by atoms with Crippen molar-refractivity contribution in [2.45, 2.75) is 10.9 Å². The first-order chi connectivity index (χ1) is 14.2. The zero-order valence-corrected chi connectivity index (χ0v) is 16.1. The molecule has 0 saturated heterocycles. The fraction of sp³-hybridized carbons (Fsp3) is 0.105. The lowest BCUT2D eigenvalue weighted by Gasteiger charge is -2.02. The van der Waals surface area contributed by atoms with Gasteiger partial charge in [0.2, 0.25) is 0 Å². The van der Waals surface area contributed by atoms with E-state index in [4.69, 9.17) is 4.42 Å². The molecule has 0 unspecified atom stereocenters. The zero-order valence-electron chi connectivity index (χ0n) is 15.3.